The first-order valence-corrected chi connectivity index (χ1v) is 6.85. The lowest BCUT2D eigenvalue weighted by Crippen LogP contribution is -2.17. The second kappa shape index (κ2) is 5.79. The molecule has 1 amide bonds. The Labute approximate surface area is 116 Å². The van der Waals surface area contributed by atoms with Crippen molar-refractivity contribution in [3.05, 3.63) is 34.8 Å². The summed E-state index contributed by atoms with van der Waals surface area (Å²) in [5, 5.41) is 15.1. The van der Waals surface area contributed by atoms with Crippen molar-refractivity contribution in [2.45, 2.75) is 26.8 Å². The molecule has 1 heterocycles. The summed E-state index contributed by atoms with van der Waals surface area (Å²) in [7, 11) is 0. The number of para-hydroxylation sites is 1. The van der Waals surface area contributed by atoms with Crippen molar-refractivity contribution in [2.75, 3.05) is 10.6 Å². The predicted octanol–water partition coefficient (Wildman–Crippen LogP) is 2.92. The number of nitrogens with zero attached hydrogens (tertiary/aromatic N) is 2. The van der Waals surface area contributed by atoms with Gasteiger partial charge in [0.15, 0.2) is 0 Å². The fraction of sp³-hybridized carbons (Fsp3) is 0.308. The third-order valence-corrected chi connectivity index (χ3v) is 3.12. The van der Waals surface area contributed by atoms with E-state index in [1.807, 2.05) is 39.0 Å². The average Bonchev–Trinajstić information content (AvgIpc) is 2.74. The molecule has 6 heteroatoms. The summed E-state index contributed by atoms with van der Waals surface area (Å²) in [6, 6.07) is 7.68. The molecule has 5 nitrogen and oxygen atoms in total. The van der Waals surface area contributed by atoms with E-state index >= 15 is 0 Å². The molecule has 0 aliphatic heterocycles. The minimum Gasteiger partial charge on any atom is -0.382 e. The van der Waals surface area contributed by atoms with Crippen LogP contribution in [-0.2, 0) is 0 Å². The van der Waals surface area contributed by atoms with Crippen LogP contribution < -0.4 is 10.6 Å². The van der Waals surface area contributed by atoms with E-state index < -0.39 is 0 Å². The van der Waals surface area contributed by atoms with Crippen molar-refractivity contribution in [1.82, 2.24) is 10.2 Å². The monoisotopic (exact) mass is 276 g/mol. The van der Waals surface area contributed by atoms with Gasteiger partial charge in [-0.2, -0.15) is 0 Å². The quantitative estimate of drug-likeness (QED) is 0.901. The van der Waals surface area contributed by atoms with Crippen molar-refractivity contribution in [3.8, 4) is 0 Å². The molecule has 0 saturated heterocycles. The Balaban J connectivity index is 2.18. The minimum absolute atomic E-state index is 0.181. The number of anilines is 2. The normalized spacial score (nSPS) is 10.5. The molecule has 2 aromatic rings. The first kappa shape index (κ1) is 13.5. The van der Waals surface area contributed by atoms with Crippen LogP contribution in [-0.4, -0.2) is 22.1 Å². The zero-order chi connectivity index (χ0) is 13.8. The number of hydrogen-bond donors (Lipinski definition) is 2. The third-order valence-electron chi connectivity index (χ3n) is 2.36. The molecule has 2 N–H and O–H groups in total. The van der Waals surface area contributed by atoms with E-state index in [0.717, 1.165) is 10.7 Å². The van der Waals surface area contributed by atoms with Gasteiger partial charge in [0, 0.05) is 11.7 Å². The average molecular weight is 276 g/mol. The van der Waals surface area contributed by atoms with Crippen molar-refractivity contribution in [1.29, 1.82) is 0 Å². The van der Waals surface area contributed by atoms with Gasteiger partial charge >= 0.3 is 0 Å². The van der Waals surface area contributed by atoms with E-state index in [9.17, 15) is 4.79 Å². The molecule has 1 aromatic heterocycles. The molecular formula is C13H16N4OS. The number of carbonyl (C=O) groups excluding carboxylic acids is 1. The van der Waals surface area contributed by atoms with Gasteiger partial charge in [-0.25, -0.2) is 0 Å². The Morgan fingerprint density at radius 1 is 1.26 bits per heavy atom. The van der Waals surface area contributed by atoms with Gasteiger partial charge in [0.1, 0.15) is 5.01 Å². The molecule has 0 saturated carbocycles. The van der Waals surface area contributed by atoms with Crippen LogP contribution in [0.1, 0.15) is 29.2 Å². The summed E-state index contributed by atoms with van der Waals surface area (Å²) in [6.45, 7) is 5.91. The van der Waals surface area contributed by atoms with E-state index in [4.69, 9.17) is 0 Å². The van der Waals surface area contributed by atoms with Crippen molar-refractivity contribution in [2.24, 2.45) is 0 Å². The highest BCUT2D eigenvalue weighted by atomic mass is 32.1. The molecule has 2 rings (SSSR count). The summed E-state index contributed by atoms with van der Waals surface area (Å²) in [5.74, 6) is -0.181. The van der Waals surface area contributed by atoms with Gasteiger partial charge in [0.05, 0.1) is 5.56 Å². The van der Waals surface area contributed by atoms with Gasteiger partial charge in [-0.3, -0.25) is 10.1 Å². The largest absolute Gasteiger partial charge is 0.382 e. The molecule has 0 fully saturated rings. The van der Waals surface area contributed by atoms with Crippen molar-refractivity contribution < 1.29 is 4.79 Å². The van der Waals surface area contributed by atoms with Crippen molar-refractivity contribution >= 4 is 28.1 Å². The van der Waals surface area contributed by atoms with Gasteiger partial charge < -0.3 is 5.32 Å². The number of amides is 1. The lowest BCUT2D eigenvalue weighted by Gasteiger charge is -2.13. The summed E-state index contributed by atoms with van der Waals surface area (Å²) in [4.78, 5) is 12.2. The number of benzene rings is 1. The van der Waals surface area contributed by atoms with Gasteiger partial charge in [0.25, 0.3) is 5.91 Å². The third kappa shape index (κ3) is 3.51. The van der Waals surface area contributed by atoms with Crippen LogP contribution in [0.25, 0.3) is 0 Å². The van der Waals surface area contributed by atoms with Gasteiger partial charge in [-0.15, -0.1) is 10.2 Å². The Bertz CT molecular complexity index is 580. The molecule has 0 atom stereocenters. The fourth-order valence-electron chi connectivity index (χ4n) is 1.63. The molecule has 0 unspecified atom stereocenters. The van der Waals surface area contributed by atoms with Crippen LogP contribution in [0.3, 0.4) is 0 Å². The van der Waals surface area contributed by atoms with E-state index in [-0.39, 0.29) is 11.9 Å². The van der Waals surface area contributed by atoms with E-state index in [2.05, 4.69) is 20.8 Å². The van der Waals surface area contributed by atoms with Crippen LogP contribution >= 0.6 is 11.3 Å². The van der Waals surface area contributed by atoms with Gasteiger partial charge in [-0.1, -0.05) is 23.5 Å². The molecule has 0 radical (unpaired) electrons. The Kier molecular flexibility index (Phi) is 4.11. The van der Waals surface area contributed by atoms with Crippen molar-refractivity contribution in [3.63, 3.8) is 0 Å². The van der Waals surface area contributed by atoms with Crippen LogP contribution in [0.4, 0.5) is 10.8 Å². The van der Waals surface area contributed by atoms with E-state index in [1.54, 1.807) is 6.07 Å². The highest BCUT2D eigenvalue weighted by Crippen LogP contribution is 2.19. The molecular weight excluding hydrogens is 260 g/mol. The fourth-order valence-corrected chi connectivity index (χ4v) is 2.22. The summed E-state index contributed by atoms with van der Waals surface area (Å²) in [6.07, 6.45) is 0. The number of nitrogens with one attached hydrogen (secondary N) is 2. The molecule has 0 bridgehead atoms. The molecule has 19 heavy (non-hydrogen) atoms. The Hall–Kier alpha value is -1.95. The highest BCUT2D eigenvalue weighted by molar-refractivity contribution is 7.15. The van der Waals surface area contributed by atoms with E-state index in [0.29, 0.717) is 10.7 Å². The highest BCUT2D eigenvalue weighted by Gasteiger charge is 2.13. The Morgan fingerprint density at radius 3 is 2.63 bits per heavy atom. The number of aromatic nitrogens is 2. The molecule has 0 aliphatic rings. The van der Waals surface area contributed by atoms with Crippen LogP contribution in [0.5, 0.6) is 0 Å². The lowest BCUT2D eigenvalue weighted by atomic mass is 10.1. The number of rotatable bonds is 4. The number of aryl methyl sites for hydroxylation is 1. The van der Waals surface area contributed by atoms with Crippen LogP contribution in [0, 0.1) is 6.92 Å². The zero-order valence-electron chi connectivity index (χ0n) is 11.1. The van der Waals surface area contributed by atoms with Crippen LogP contribution in [0.15, 0.2) is 24.3 Å². The Morgan fingerprint density at radius 2 is 2.00 bits per heavy atom. The molecule has 0 spiro atoms. The molecule has 100 valence electrons. The standard InChI is InChI=1S/C13H16N4OS/c1-8(2)14-11-7-5-4-6-10(11)12(18)15-13-17-16-9(3)19-13/h4-8,14H,1-3H3,(H,15,17,18). The van der Waals surface area contributed by atoms with E-state index in [1.165, 1.54) is 11.3 Å². The number of carbonyl (C=O) groups is 1. The molecule has 1 aromatic carbocycles. The maximum atomic E-state index is 12.2. The maximum Gasteiger partial charge on any atom is 0.259 e. The first-order valence-electron chi connectivity index (χ1n) is 6.03. The second-order valence-corrected chi connectivity index (χ2v) is 5.61. The predicted molar refractivity (Wildman–Crippen MR) is 77.8 cm³/mol. The molecule has 0 aliphatic carbocycles. The second-order valence-electron chi connectivity index (χ2n) is 4.42. The smallest absolute Gasteiger partial charge is 0.259 e. The lowest BCUT2D eigenvalue weighted by molar-refractivity contribution is 0.102. The first-order chi connectivity index (χ1) is 9.06. The maximum absolute atomic E-state index is 12.2. The minimum atomic E-state index is -0.181. The van der Waals surface area contributed by atoms with Crippen LogP contribution in [0.2, 0.25) is 0 Å². The van der Waals surface area contributed by atoms with Gasteiger partial charge in [0.2, 0.25) is 5.13 Å². The number of hydrogen-bond acceptors (Lipinski definition) is 5. The van der Waals surface area contributed by atoms with Gasteiger partial charge in [-0.05, 0) is 32.9 Å². The summed E-state index contributed by atoms with van der Waals surface area (Å²) in [5.41, 5.74) is 1.42. The summed E-state index contributed by atoms with van der Waals surface area (Å²) < 4.78 is 0. The summed E-state index contributed by atoms with van der Waals surface area (Å²) >= 11 is 1.36. The topological polar surface area (TPSA) is 66.9 Å². The SMILES string of the molecule is Cc1nnc(NC(=O)c2ccccc2NC(C)C)s1. The zero-order valence-corrected chi connectivity index (χ0v) is 11.9.